The Balaban J connectivity index is 2.00. The molecule has 0 aromatic carbocycles. The number of hydrogen-bond donors (Lipinski definition) is 1. The van der Waals surface area contributed by atoms with Crippen molar-refractivity contribution in [1.29, 1.82) is 0 Å². The Hall–Kier alpha value is 0.0500. The van der Waals surface area contributed by atoms with E-state index in [2.05, 4.69) is 29.2 Å². The summed E-state index contributed by atoms with van der Waals surface area (Å²) < 4.78 is 0. The fraction of sp³-hybridized carbons (Fsp3) is 0.818. The molecule has 1 aliphatic rings. The molecule has 1 N–H and O–H groups in total. The van der Waals surface area contributed by atoms with Gasteiger partial charge in [0.15, 0.2) is 0 Å². The molecule has 1 rings (SSSR count). The maximum Gasteiger partial charge on any atom is -0.00173 e. The first-order valence-electron chi connectivity index (χ1n) is 5.31. The van der Waals surface area contributed by atoms with Crippen LogP contribution in [0.4, 0.5) is 0 Å². The van der Waals surface area contributed by atoms with E-state index in [4.69, 9.17) is 0 Å². The Bertz CT molecular complexity index is 139. The van der Waals surface area contributed by atoms with Crippen LogP contribution in [0.3, 0.4) is 0 Å². The van der Waals surface area contributed by atoms with Gasteiger partial charge in [-0.15, -0.1) is 0 Å². The van der Waals surface area contributed by atoms with Crippen LogP contribution in [0.15, 0.2) is 12.2 Å². The summed E-state index contributed by atoms with van der Waals surface area (Å²) in [5.41, 5.74) is 0. The maximum absolute atomic E-state index is 3.15. The monoisotopic (exact) mass is 199 g/mol. The second-order valence-electron chi connectivity index (χ2n) is 3.66. The molecule has 0 saturated carbocycles. The first-order chi connectivity index (χ1) is 6.43. The number of thioether (sulfide) groups is 1. The van der Waals surface area contributed by atoms with Crippen LogP contribution in [0.2, 0.25) is 0 Å². The Morgan fingerprint density at radius 1 is 1.31 bits per heavy atom. The van der Waals surface area contributed by atoms with E-state index in [0.29, 0.717) is 0 Å². The number of nitrogens with one attached hydrogen (secondary N) is 1. The zero-order valence-corrected chi connectivity index (χ0v) is 9.41. The lowest BCUT2D eigenvalue weighted by Gasteiger charge is -2.19. The van der Waals surface area contributed by atoms with Gasteiger partial charge in [-0.25, -0.2) is 0 Å². The zero-order valence-electron chi connectivity index (χ0n) is 8.59. The van der Waals surface area contributed by atoms with E-state index in [1.807, 2.05) is 7.05 Å². The van der Waals surface area contributed by atoms with Crippen molar-refractivity contribution in [2.24, 2.45) is 5.92 Å². The third-order valence-corrected chi connectivity index (χ3v) is 3.59. The van der Waals surface area contributed by atoms with Gasteiger partial charge in [-0.1, -0.05) is 12.2 Å². The molecule has 1 nitrogen and oxygen atoms in total. The van der Waals surface area contributed by atoms with Crippen LogP contribution in [-0.2, 0) is 0 Å². The Morgan fingerprint density at radius 2 is 2.08 bits per heavy atom. The third kappa shape index (κ3) is 5.37. The quantitative estimate of drug-likeness (QED) is 0.540. The molecule has 2 heteroatoms. The van der Waals surface area contributed by atoms with Crippen molar-refractivity contribution in [3.8, 4) is 0 Å². The molecule has 0 aliphatic carbocycles. The molecule has 1 heterocycles. The van der Waals surface area contributed by atoms with Gasteiger partial charge in [-0.05, 0) is 56.7 Å². The molecule has 0 atom stereocenters. The van der Waals surface area contributed by atoms with E-state index in [1.165, 1.54) is 37.2 Å². The van der Waals surface area contributed by atoms with E-state index >= 15 is 0 Å². The molecule has 1 fully saturated rings. The Kier molecular flexibility index (Phi) is 6.38. The first kappa shape index (κ1) is 11.1. The molecule has 0 aromatic rings. The van der Waals surface area contributed by atoms with Gasteiger partial charge in [0, 0.05) is 0 Å². The number of rotatable bonds is 5. The summed E-state index contributed by atoms with van der Waals surface area (Å²) in [6.07, 6.45) is 10.0. The highest BCUT2D eigenvalue weighted by molar-refractivity contribution is 7.99. The van der Waals surface area contributed by atoms with Gasteiger partial charge >= 0.3 is 0 Å². The van der Waals surface area contributed by atoms with Crippen LogP contribution in [0.25, 0.3) is 0 Å². The second-order valence-corrected chi connectivity index (χ2v) is 4.88. The normalized spacial score (nSPS) is 19.8. The topological polar surface area (TPSA) is 12.0 Å². The summed E-state index contributed by atoms with van der Waals surface area (Å²) >= 11 is 2.11. The maximum atomic E-state index is 3.15. The Labute approximate surface area is 86.4 Å². The molecule has 0 aromatic heterocycles. The van der Waals surface area contributed by atoms with Crippen LogP contribution >= 0.6 is 11.8 Å². The van der Waals surface area contributed by atoms with Crippen molar-refractivity contribution >= 4 is 11.8 Å². The lowest BCUT2D eigenvalue weighted by atomic mass is 9.99. The van der Waals surface area contributed by atoms with Gasteiger partial charge < -0.3 is 5.32 Å². The fourth-order valence-electron chi connectivity index (χ4n) is 1.62. The van der Waals surface area contributed by atoms with E-state index in [-0.39, 0.29) is 0 Å². The molecular formula is C11H21NS. The van der Waals surface area contributed by atoms with Gasteiger partial charge in [-0.3, -0.25) is 0 Å². The van der Waals surface area contributed by atoms with Gasteiger partial charge in [0.2, 0.25) is 0 Å². The first-order valence-corrected chi connectivity index (χ1v) is 6.46. The van der Waals surface area contributed by atoms with E-state index in [1.54, 1.807) is 0 Å². The lowest BCUT2D eigenvalue weighted by molar-refractivity contribution is 0.496. The summed E-state index contributed by atoms with van der Waals surface area (Å²) in [5.74, 6) is 3.75. The minimum absolute atomic E-state index is 0.979. The van der Waals surface area contributed by atoms with Crippen molar-refractivity contribution in [1.82, 2.24) is 5.32 Å². The molecule has 1 saturated heterocycles. The highest BCUT2D eigenvalue weighted by Crippen LogP contribution is 2.25. The number of hydrogen-bond acceptors (Lipinski definition) is 2. The predicted octanol–water partition coefficient (Wildman–Crippen LogP) is 2.69. The molecule has 13 heavy (non-hydrogen) atoms. The van der Waals surface area contributed by atoms with Gasteiger partial charge in [0.25, 0.3) is 0 Å². The molecule has 0 spiro atoms. The fourth-order valence-corrected chi connectivity index (χ4v) is 2.82. The Morgan fingerprint density at radius 3 is 2.77 bits per heavy atom. The second kappa shape index (κ2) is 7.45. The molecular weight excluding hydrogens is 178 g/mol. The zero-order chi connectivity index (χ0) is 9.36. The average molecular weight is 199 g/mol. The van der Waals surface area contributed by atoms with Crippen molar-refractivity contribution in [2.45, 2.75) is 25.7 Å². The molecule has 0 bridgehead atoms. The van der Waals surface area contributed by atoms with Gasteiger partial charge in [0.05, 0.1) is 0 Å². The standard InChI is InChI=1S/C11H21NS/c1-12-8-4-2-3-5-11-6-9-13-10-7-11/h2-3,11-12H,4-10H2,1H3/b3-2-. The molecule has 0 radical (unpaired) electrons. The van der Waals surface area contributed by atoms with Crippen molar-refractivity contribution < 1.29 is 0 Å². The molecule has 76 valence electrons. The average Bonchev–Trinajstić information content (AvgIpc) is 2.19. The molecule has 0 amide bonds. The lowest BCUT2D eigenvalue weighted by Crippen LogP contribution is -2.08. The summed E-state index contributed by atoms with van der Waals surface area (Å²) in [4.78, 5) is 0. The van der Waals surface area contributed by atoms with Crippen LogP contribution in [0.1, 0.15) is 25.7 Å². The molecule has 0 unspecified atom stereocenters. The van der Waals surface area contributed by atoms with Crippen LogP contribution in [0, 0.1) is 5.92 Å². The van der Waals surface area contributed by atoms with Gasteiger partial charge in [0.1, 0.15) is 0 Å². The van der Waals surface area contributed by atoms with E-state index in [0.717, 1.165) is 12.5 Å². The summed E-state index contributed by atoms with van der Waals surface area (Å²) in [5, 5.41) is 3.15. The smallest absolute Gasteiger partial charge is 0.00173 e. The predicted molar refractivity (Wildman–Crippen MR) is 62.3 cm³/mol. The number of allylic oxidation sites excluding steroid dienone is 1. The third-order valence-electron chi connectivity index (χ3n) is 2.54. The highest BCUT2D eigenvalue weighted by Gasteiger charge is 2.11. The van der Waals surface area contributed by atoms with Crippen molar-refractivity contribution in [3.05, 3.63) is 12.2 Å². The van der Waals surface area contributed by atoms with Gasteiger partial charge in [-0.2, -0.15) is 11.8 Å². The van der Waals surface area contributed by atoms with Crippen molar-refractivity contribution in [3.63, 3.8) is 0 Å². The summed E-state index contributed by atoms with van der Waals surface area (Å²) in [6, 6.07) is 0. The minimum atomic E-state index is 0.979. The summed E-state index contributed by atoms with van der Waals surface area (Å²) in [7, 11) is 2.01. The van der Waals surface area contributed by atoms with Crippen molar-refractivity contribution in [2.75, 3.05) is 25.1 Å². The van der Waals surface area contributed by atoms with Crippen LogP contribution in [0.5, 0.6) is 0 Å². The summed E-state index contributed by atoms with van der Waals surface area (Å²) in [6.45, 7) is 1.11. The largest absolute Gasteiger partial charge is 0.319 e. The van der Waals surface area contributed by atoms with E-state index in [9.17, 15) is 0 Å². The van der Waals surface area contributed by atoms with E-state index < -0.39 is 0 Å². The minimum Gasteiger partial charge on any atom is -0.319 e. The van der Waals surface area contributed by atoms with Crippen LogP contribution < -0.4 is 5.32 Å². The SMILES string of the molecule is CNCC/C=C\CC1CCSCC1. The molecule has 1 aliphatic heterocycles. The highest BCUT2D eigenvalue weighted by atomic mass is 32.2. The van der Waals surface area contributed by atoms with Crippen LogP contribution in [-0.4, -0.2) is 25.1 Å².